The Morgan fingerprint density at radius 1 is 0.297 bits per heavy atom. The third-order valence-corrected chi connectivity index (χ3v) is 13.2. The molecule has 0 aromatic carbocycles. The molecule has 0 saturated heterocycles. The van der Waals surface area contributed by atoms with Crippen LogP contribution in [0.3, 0.4) is 0 Å². The Balaban J connectivity index is 4.24. The zero-order chi connectivity index (χ0) is 46.8. The minimum absolute atomic E-state index is 0.0626. The Morgan fingerprint density at radius 3 is 0.766 bits per heavy atom. The van der Waals surface area contributed by atoms with E-state index < -0.39 is 6.10 Å². The molecule has 0 aliphatic heterocycles. The molecule has 0 rings (SSSR count). The second kappa shape index (κ2) is 50.8. The van der Waals surface area contributed by atoms with Gasteiger partial charge >= 0.3 is 17.9 Å². The van der Waals surface area contributed by atoms with Crippen LogP contribution in [0.1, 0.15) is 324 Å². The first kappa shape index (κ1) is 62.4. The first-order valence-electron chi connectivity index (χ1n) is 28.7. The number of hydrogen-bond acceptors (Lipinski definition) is 6. The Morgan fingerprint density at radius 2 is 0.516 bits per heavy atom. The Hall–Kier alpha value is -1.59. The SMILES string of the molecule is CCCCCCCCCCCCC(=O)OC[C@@H](COC(=O)CCCCCCCCCCCCCCCCCC(C)C)OC(=O)CCCCCCCCCCCCCCCCCC(C)C. The summed E-state index contributed by atoms with van der Waals surface area (Å²) in [4.78, 5) is 38.1. The molecule has 0 N–H and O–H groups in total. The van der Waals surface area contributed by atoms with E-state index in [4.69, 9.17) is 14.2 Å². The molecule has 0 aromatic rings. The summed E-state index contributed by atoms with van der Waals surface area (Å²) < 4.78 is 16.9. The van der Waals surface area contributed by atoms with Crippen LogP contribution in [-0.4, -0.2) is 37.2 Å². The van der Waals surface area contributed by atoms with Gasteiger partial charge in [-0.05, 0) is 31.1 Å². The van der Waals surface area contributed by atoms with E-state index in [2.05, 4.69) is 34.6 Å². The number of hydrogen-bond donors (Lipinski definition) is 0. The molecule has 0 amide bonds. The van der Waals surface area contributed by atoms with Crippen LogP contribution >= 0.6 is 0 Å². The predicted molar refractivity (Wildman–Crippen MR) is 275 cm³/mol. The van der Waals surface area contributed by atoms with Gasteiger partial charge in [0.25, 0.3) is 0 Å². The minimum atomic E-state index is -0.762. The molecule has 0 aliphatic carbocycles. The summed E-state index contributed by atoms with van der Waals surface area (Å²) in [7, 11) is 0. The fraction of sp³-hybridized carbons (Fsp3) is 0.948. The highest BCUT2D eigenvalue weighted by Gasteiger charge is 2.19. The molecule has 6 heteroatoms. The largest absolute Gasteiger partial charge is 0.462 e. The van der Waals surface area contributed by atoms with E-state index in [1.807, 2.05) is 0 Å². The van der Waals surface area contributed by atoms with Crippen molar-refractivity contribution in [2.45, 2.75) is 330 Å². The molecule has 0 unspecified atom stereocenters. The quantitative estimate of drug-likeness (QED) is 0.0344. The maximum absolute atomic E-state index is 12.8. The highest BCUT2D eigenvalue weighted by molar-refractivity contribution is 5.71. The Kier molecular flexibility index (Phi) is 49.6. The summed E-state index contributed by atoms with van der Waals surface area (Å²) in [5.41, 5.74) is 0. The molecule has 0 fully saturated rings. The van der Waals surface area contributed by atoms with Crippen molar-refractivity contribution in [2.75, 3.05) is 13.2 Å². The van der Waals surface area contributed by atoms with Gasteiger partial charge in [0.15, 0.2) is 6.10 Å². The van der Waals surface area contributed by atoms with Gasteiger partial charge in [-0.25, -0.2) is 0 Å². The first-order valence-corrected chi connectivity index (χ1v) is 28.7. The van der Waals surface area contributed by atoms with Gasteiger partial charge in [0.1, 0.15) is 13.2 Å². The fourth-order valence-electron chi connectivity index (χ4n) is 8.87. The molecular formula is C58H112O6. The number of carbonyl (C=O) groups excluding carboxylic acids is 3. The van der Waals surface area contributed by atoms with E-state index >= 15 is 0 Å². The second-order valence-corrected chi connectivity index (χ2v) is 20.9. The third-order valence-electron chi connectivity index (χ3n) is 13.2. The molecular weight excluding hydrogens is 793 g/mol. The molecule has 0 saturated carbocycles. The van der Waals surface area contributed by atoms with Crippen LogP contribution in [-0.2, 0) is 28.6 Å². The topological polar surface area (TPSA) is 78.9 Å². The first-order chi connectivity index (χ1) is 31.2. The van der Waals surface area contributed by atoms with Gasteiger partial charge in [0.05, 0.1) is 0 Å². The maximum Gasteiger partial charge on any atom is 0.306 e. The zero-order valence-corrected chi connectivity index (χ0v) is 43.9. The van der Waals surface area contributed by atoms with E-state index in [0.717, 1.165) is 69.6 Å². The van der Waals surface area contributed by atoms with Crippen LogP contribution < -0.4 is 0 Å². The summed E-state index contributed by atoms with van der Waals surface area (Å²) in [5, 5.41) is 0. The van der Waals surface area contributed by atoms with Gasteiger partial charge < -0.3 is 14.2 Å². The normalized spacial score (nSPS) is 12.0. The molecule has 0 aliphatic rings. The molecule has 0 heterocycles. The van der Waals surface area contributed by atoms with Crippen molar-refractivity contribution in [1.82, 2.24) is 0 Å². The van der Waals surface area contributed by atoms with Crippen molar-refractivity contribution in [3.63, 3.8) is 0 Å². The van der Waals surface area contributed by atoms with Crippen LogP contribution in [0.15, 0.2) is 0 Å². The number of unbranched alkanes of at least 4 members (excludes halogenated alkanes) is 37. The highest BCUT2D eigenvalue weighted by Crippen LogP contribution is 2.18. The van der Waals surface area contributed by atoms with Gasteiger partial charge in [0.2, 0.25) is 0 Å². The lowest BCUT2D eigenvalue weighted by Gasteiger charge is -2.18. The lowest BCUT2D eigenvalue weighted by atomic mass is 10.0. The van der Waals surface area contributed by atoms with E-state index in [1.165, 1.54) is 212 Å². The summed E-state index contributed by atoms with van der Waals surface area (Å²) >= 11 is 0. The Bertz CT molecular complexity index is 978. The minimum Gasteiger partial charge on any atom is -0.462 e. The third kappa shape index (κ3) is 51.4. The molecule has 6 nitrogen and oxygen atoms in total. The van der Waals surface area contributed by atoms with E-state index in [1.54, 1.807) is 0 Å². The molecule has 380 valence electrons. The Labute approximate surface area is 399 Å². The van der Waals surface area contributed by atoms with Crippen molar-refractivity contribution < 1.29 is 28.6 Å². The summed E-state index contributed by atoms with van der Waals surface area (Å²) in [6.07, 6.45) is 53.8. The predicted octanol–water partition coefficient (Wildman–Crippen LogP) is 18.9. The van der Waals surface area contributed by atoms with Gasteiger partial charge in [-0.15, -0.1) is 0 Å². The van der Waals surface area contributed by atoms with Crippen molar-refractivity contribution in [1.29, 1.82) is 0 Å². The van der Waals surface area contributed by atoms with Crippen LogP contribution in [0.25, 0.3) is 0 Å². The average molecular weight is 906 g/mol. The highest BCUT2D eigenvalue weighted by atomic mass is 16.6. The monoisotopic (exact) mass is 905 g/mol. The average Bonchev–Trinajstić information content (AvgIpc) is 3.27. The van der Waals surface area contributed by atoms with Crippen molar-refractivity contribution in [3.05, 3.63) is 0 Å². The molecule has 0 radical (unpaired) electrons. The van der Waals surface area contributed by atoms with Gasteiger partial charge in [0, 0.05) is 19.3 Å². The number of rotatable bonds is 52. The van der Waals surface area contributed by atoms with Crippen molar-refractivity contribution in [3.8, 4) is 0 Å². The lowest BCUT2D eigenvalue weighted by molar-refractivity contribution is -0.167. The van der Waals surface area contributed by atoms with Crippen LogP contribution in [0, 0.1) is 11.8 Å². The smallest absolute Gasteiger partial charge is 0.306 e. The van der Waals surface area contributed by atoms with Crippen molar-refractivity contribution in [2.24, 2.45) is 11.8 Å². The zero-order valence-electron chi connectivity index (χ0n) is 43.9. The van der Waals surface area contributed by atoms with E-state index in [9.17, 15) is 14.4 Å². The molecule has 1 atom stereocenters. The second-order valence-electron chi connectivity index (χ2n) is 20.9. The molecule has 0 bridgehead atoms. The van der Waals surface area contributed by atoms with Crippen molar-refractivity contribution >= 4 is 17.9 Å². The van der Waals surface area contributed by atoms with Gasteiger partial charge in [-0.2, -0.15) is 0 Å². The number of esters is 3. The van der Waals surface area contributed by atoms with Crippen LogP contribution in [0.2, 0.25) is 0 Å². The van der Waals surface area contributed by atoms with Crippen LogP contribution in [0.5, 0.6) is 0 Å². The molecule has 0 aromatic heterocycles. The van der Waals surface area contributed by atoms with Gasteiger partial charge in [-0.1, -0.05) is 285 Å². The van der Waals surface area contributed by atoms with Crippen LogP contribution in [0.4, 0.5) is 0 Å². The number of ether oxygens (including phenoxy) is 3. The van der Waals surface area contributed by atoms with E-state index in [0.29, 0.717) is 19.3 Å². The number of carbonyl (C=O) groups is 3. The summed E-state index contributed by atoms with van der Waals surface area (Å²) in [6, 6.07) is 0. The van der Waals surface area contributed by atoms with E-state index in [-0.39, 0.29) is 31.1 Å². The molecule has 64 heavy (non-hydrogen) atoms. The maximum atomic E-state index is 12.8. The lowest BCUT2D eigenvalue weighted by Crippen LogP contribution is -2.30. The molecule has 0 spiro atoms. The summed E-state index contributed by atoms with van der Waals surface area (Å²) in [5.74, 6) is 0.856. The fourth-order valence-corrected chi connectivity index (χ4v) is 8.87. The standard InChI is InChI=1S/C58H112O6/c1-6-7-8-9-10-11-28-33-38-43-48-56(59)62-51-55(64-58(61)50-45-40-35-30-25-21-17-13-15-19-23-27-32-37-42-47-54(4)5)52-63-57(60)49-44-39-34-29-24-20-16-12-14-18-22-26-31-36-41-46-53(2)3/h53-55H,6-52H2,1-5H3/t55-/m0/s1. The van der Waals surface area contributed by atoms with Gasteiger partial charge in [-0.3, -0.25) is 14.4 Å². The summed E-state index contributed by atoms with van der Waals surface area (Å²) in [6.45, 7) is 11.4.